The van der Waals surface area contributed by atoms with E-state index in [-0.39, 0.29) is 17.9 Å². The maximum absolute atomic E-state index is 12.5. The van der Waals surface area contributed by atoms with Crippen LogP contribution in [0.5, 0.6) is 0 Å². The summed E-state index contributed by atoms with van der Waals surface area (Å²) < 4.78 is 1.10. The van der Waals surface area contributed by atoms with Crippen molar-refractivity contribution < 1.29 is 9.59 Å². The summed E-state index contributed by atoms with van der Waals surface area (Å²) in [6.07, 6.45) is 0. The van der Waals surface area contributed by atoms with E-state index < -0.39 is 0 Å². The Morgan fingerprint density at radius 1 is 1.15 bits per heavy atom. The molecule has 1 aliphatic rings. The van der Waals surface area contributed by atoms with Crippen molar-refractivity contribution in [2.24, 2.45) is 0 Å². The summed E-state index contributed by atoms with van der Waals surface area (Å²) in [5, 5.41) is 2.91. The van der Waals surface area contributed by atoms with Gasteiger partial charge in [-0.1, -0.05) is 15.9 Å². The number of hydrogen-bond acceptors (Lipinski definition) is 4. The Hall–Kier alpha value is -1.05. The maximum atomic E-state index is 12.5. The summed E-state index contributed by atoms with van der Waals surface area (Å²) in [5.74, 6) is 0.674. The second-order valence-electron chi connectivity index (χ2n) is 7.03. The lowest BCUT2D eigenvalue weighted by Crippen LogP contribution is -2.52. The quantitative estimate of drug-likeness (QED) is 0.689. The lowest BCUT2D eigenvalue weighted by molar-refractivity contribution is -0.130. The smallest absolute Gasteiger partial charge is 0.234 e. The highest BCUT2D eigenvalue weighted by molar-refractivity contribution is 9.10. The molecule has 0 radical (unpaired) electrons. The van der Waals surface area contributed by atoms with Gasteiger partial charge in [-0.2, -0.15) is 0 Å². The fourth-order valence-corrected chi connectivity index (χ4v) is 4.33. The van der Waals surface area contributed by atoms with Gasteiger partial charge in [-0.05, 0) is 51.0 Å². The number of nitrogens with zero attached hydrogens (tertiary/aromatic N) is 2. The van der Waals surface area contributed by atoms with Crippen LogP contribution >= 0.6 is 27.7 Å². The predicted octanol–water partition coefficient (Wildman–Crippen LogP) is 2.83. The number of carbonyl (C=O) groups is 2. The molecular weight excluding hydrogens is 414 g/mol. The minimum atomic E-state index is 0.0522. The van der Waals surface area contributed by atoms with Crippen molar-refractivity contribution in [1.82, 2.24) is 15.1 Å². The van der Waals surface area contributed by atoms with Gasteiger partial charge < -0.3 is 10.2 Å². The molecule has 1 saturated heterocycles. The first-order chi connectivity index (χ1) is 12.3. The van der Waals surface area contributed by atoms with Crippen molar-refractivity contribution in [2.45, 2.75) is 38.6 Å². The Morgan fingerprint density at radius 2 is 1.81 bits per heavy atom. The number of aryl methyl sites for hydroxylation is 2. The molecule has 26 heavy (non-hydrogen) atoms. The fourth-order valence-electron chi connectivity index (χ4n) is 2.87. The highest BCUT2D eigenvalue weighted by Crippen LogP contribution is 2.28. The van der Waals surface area contributed by atoms with Crippen molar-refractivity contribution in [1.29, 1.82) is 0 Å². The molecule has 1 fully saturated rings. The number of thioether (sulfide) groups is 1. The Labute approximate surface area is 169 Å². The van der Waals surface area contributed by atoms with E-state index >= 15 is 0 Å². The zero-order valence-corrected chi connectivity index (χ0v) is 18.4. The molecule has 0 bridgehead atoms. The molecule has 1 aromatic rings. The summed E-state index contributed by atoms with van der Waals surface area (Å²) in [7, 11) is 0. The summed E-state index contributed by atoms with van der Waals surface area (Å²) in [4.78, 5) is 29.5. The number of rotatable bonds is 6. The lowest BCUT2D eigenvalue weighted by Gasteiger charge is -2.34. The fraction of sp³-hybridized carbons (Fsp3) is 0.579. The molecule has 5 nitrogen and oxygen atoms in total. The molecule has 0 aliphatic carbocycles. The zero-order chi connectivity index (χ0) is 19.3. The molecule has 0 aromatic heterocycles. The number of nitrogens with one attached hydrogen (secondary N) is 1. The van der Waals surface area contributed by atoms with E-state index in [1.165, 1.54) is 11.1 Å². The van der Waals surface area contributed by atoms with Crippen LogP contribution in [0.1, 0.15) is 25.0 Å². The molecule has 1 N–H and O–H groups in total. The van der Waals surface area contributed by atoms with Gasteiger partial charge in [0.2, 0.25) is 11.8 Å². The van der Waals surface area contributed by atoms with Gasteiger partial charge >= 0.3 is 0 Å². The van der Waals surface area contributed by atoms with E-state index in [1.807, 2.05) is 18.7 Å². The van der Waals surface area contributed by atoms with Crippen LogP contribution < -0.4 is 5.32 Å². The van der Waals surface area contributed by atoms with Crippen molar-refractivity contribution in [3.05, 3.63) is 27.7 Å². The van der Waals surface area contributed by atoms with Gasteiger partial charge in [0.1, 0.15) is 0 Å². The minimum Gasteiger partial charge on any atom is -0.353 e. The summed E-state index contributed by atoms with van der Waals surface area (Å²) in [6.45, 7) is 11.3. The Kier molecular flexibility index (Phi) is 7.98. The molecule has 144 valence electrons. The number of benzene rings is 1. The van der Waals surface area contributed by atoms with Gasteiger partial charge in [-0.3, -0.25) is 14.5 Å². The van der Waals surface area contributed by atoms with Crippen molar-refractivity contribution in [3.63, 3.8) is 0 Å². The molecule has 1 aliphatic heterocycles. The normalized spacial score (nSPS) is 15.4. The van der Waals surface area contributed by atoms with E-state index in [0.29, 0.717) is 25.4 Å². The van der Waals surface area contributed by atoms with Gasteiger partial charge in [0.05, 0.1) is 12.3 Å². The third-order valence-corrected chi connectivity index (χ3v) is 6.35. The van der Waals surface area contributed by atoms with Crippen molar-refractivity contribution >= 4 is 39.5 Å². The SMILES string of the molecule is Cc1cc(SCC(=O)N2CCN(CC(=O)NC(C)C)CC2)c(C)cc1Br. The number of piperazine rings is 1. The minimum absolute atomic E-state index is 0.0522. The van der Waals surface area contributed by atoms with Crippen LogP contribution in [0.4, 0.5) is 0 Å². The first-order valence-corrected chi connectivity index (χ1v) is 10.7. The molecule has 0 spiro atoms. The first kappa shape index (κ1) is 21.3. The highest BCUT2D eigenvalue weighted by atomic mass is 79.9. The van der Waals surface area contributed by atoms with Gasteiger partial charge in [0.15, 0.2) is 0 Å². The number of carbonyl (C=O) groups excluding carboxylic acids is 2. The molecule has 0 atom stereocenters. The van der Waals surface area contributed by atoms with Crippen LogP contribution in [-0.4, -0.2) is 66.1 Å². The van der Waals surface area contributed by atoms with E-state index in [1.54, 1.807) is 11.8 Å². The Bertz CT molecular complexity index is 658. The average Bonchev–Trinajstić information content (AvgIpc) is 2.56. The van der Waals surface area contributed by atoms with Crippen LogP contribution in [0.25, 0.3) is 0 Å². The topological polar surface area (TPSA) is 52.7 Å². The number of amides is 2. The van der Waals surface area contributed by atoms with E-state index in [4.69, 9.17) is 0 Å². The predicted molar refractivity (Wildman–Crippen MR) is 111 cm³/mol. The Morgan fingerprint density at radius 3 is 2.42 bits per heavy atom. The third kappa shape index (κ3) is 6.28. The van der Waals surface area contributed by atoms with Gasteiger partial charge in [-0.15, -0.1) is 11.8 Å². The van der Waals surface area contributed by atoms with E-state index in [2.05, 4.69) is 52.1 Å². The second-order valence-corrected chi connectivity index (χ2v) is 8.91. The van der Waals surface area contributed by atoms with Crippen LogP contribution in [-0.2, 0) is 9.59 Å². The summed E-state index contributed by atoms with van der Waals surface area (Å²) in [5.41, 5.74) is 2.36. The standard InChI is InChI=1S/C19H28BrN3O2S/c1-13(2)21-18(24)11-22-5-7-23(8-6-22)19(25)12-26-17-10-14(3)16(20)9-15(17)4/h9-10,13H,5-8,11-12H2,1-4H3,(H,21,24). The van der Waals surface area contributed by atoms with Crippen molar-refractivity contribution in [3.8, 4) is 0 Å². The average molecular weight is 442 g/mol. The van der Waals surface area contributed by atoms with Crippen LogP contribution in [0, 0.1) is 13.8 Å². The van der Waals surface area contributed by atoms with Crippen LogP contribution in [0.15, 0.2) is 21.5 Å². The molecule has 1 heterocycles. The van der Waals surface area contributed by atoms with Crippen molar-refractivity contribution in [2.75, 3.05) is 38.5 Å². The number of halogens is 1. The third-order valence-electron chi connectivity index (χ3n) is 4.35. The Balaban J connectivity index is 1.78. The van der Waals surface area contributed by atoms with E-state index in [0.717, 1.165) is 22.5 Å². The van der Waals surface area contributed by atoms with Crippen LogP contribution in [0.2, 0.25) is 0 Å². The molecule has 0 unspecified atom stereocenters. The van der Waals surface area contributed by atoms with Crippen LogP contribution in [0.3, 0.4) is 0 Å². The lowest BCUT2D eigenvalue weighted by atomic mass is 10.2. The van der Waals surface area contributed by atoms with Gasteiger partial charge in [-0.25, -0.2) is 0 Å². The maximum Gasteiger partial charge on any atom is 0.234 e. The first-order valence-electron chi connectivity index (χ1n) is 8.95. The number of hydrogen-bond donors (Lipinski definition) is 1. The second kappa shape index (κ2) is 9.76. The largest absolute Gasteiger partial charge is 0.353 e. The summed E-state index contributed by atoms with van der Waals surface area (Å²) in [6, 6.07) is 4.39. The summed E-state index contributed by atoms with van der Waals surface area (Å²) >= 11 is 5.14. The van der Waals surface area contributed by atoms with Gasteiger partial charge in [0.25, 0.3) is 0 Å². The van der Waals surface area contributed by atoms with Gasteiger partial charge in [0, 0.05) is 41.6 Å². The van der Waals surface area contributed by atoms with E-state index in [9.17, 15) is 9.59 Å². The molecule has 7 heteroatoms. The molecule has 1 aromatic carbocycles. The molecule has 2 amide bonds. The molecule has 2 rings (SSSR count). The highest BCUT2D eigenvalue weighted by Gasteiger charge is 2.22. The molecular formula is C19H28BrN3O2S. The zero-order valence-electron chi connectivity index (χ0n) is 16.0. The molecule has 0 saturated carbocycles. The monoisotopic (exact) mass is 441 g/mol.